The van der Waals surface area contributed by atoms with E-state index in [4.69, 9.17) is 11.6 Å². The first kappa shape index (κ1) is 15.6. The molecule has 0 amide bonds. The van der Waals surface area contributed by atoms with E-state index in [-0.39, 0.29) is 5.56 Å². The van der Waals surface area contributed by atoms with Crippen LogP contribution in [0.5, 0.6) is 0 Å². The summed E-state index contributed by atoms with van der Waals surface area (Å²) in [6, 6.07) is 0.383. The molecule has 0 aliphatic rings. The molecule has 1 aromatic heterocycles. The van der Waals surface area contributed by atoms with Gasteiger partial charge >= 0.3 is 12.1 Å². The summed E-state index contributed by atoms with van der Waals surface area (Å²) in [5.41, 5.74) is -3.41. The fraction of sp³-hybridized carbons (Fsp3) is 0.400. The number of halogens is 6. The molecule has 0 atom stereocenters. The Morgan fingerprint density at radius 2 is 2.05 bits per heavy atom. The molecule has 0 aromatic carbocycles. The maximum absolute atomic E-state index is 12.6. The topological polar surface area (TPSA) is 39.2 Å². The lowest BCUT2D eigenvalue weighted by Gasteiger charge is -2.14. The zero-order valence-corrected chi connectivity index (χ0v) is 10.1. The third kappa shape index (κ3) is 3.76. The van der Waals surface area contributed by atoms with Crippen molar-refractivity contribution in [3.8, 4) is 0 Å². The van der Waals surface area contributed by atoms with Gasteiger partial charge in [0, 0.05) is 5.56 Å². The van der Waals surface area contributed by atoms with Gasteiger partial charge in [-0.1, -0.05) is 11.6 Å². The Labute approximate surface area is 109 Å². The highest BCUT2D eigenvalue weighted by Gasteiger charge is 2.37. The lowest BCUT2D eigenvalue weighted by Crippen LogP contribution is -2.14. The molecule has 0 saturated heterocycles. The van der Waals surface area contributed by atoms with Crippen molar-refractivity contribution < 1.29 is 31.5 Å². The van der Waals surface area contributed by atoms with Crippen LogP contribution in [0.25, 0.3) is 0 Å². The number of hydrogen-bond acceptors (Lipinski definition) is 3. The van der Waals surface area contributed by atoms with Crippen molar-refractivity contribution in [3.05, 3.63) is 28.0 Å². The fourth-order valence-electron chi connectivity index (χ4n) is 1.29. The maximum Gasteiger partial charge on any atom is 0.418 e. The number of rotatable bonds is 3. The van der Waals surface area contributed by atoms with E-state index in [2.05, 4.69) is 9.72 Å². The van der Waals surface area contributed by atoms with Crippen molar-refractivity contribution in [3.63, 3.8) is 0 Å². The molecule has 0 aliphatic carbocycles. The van der Waals surface area contributed by atoms with Gasteiger partial charge in [-0.3, -0.25) is 4.79 Å². The van der Waals surface area contributed by atoms with Gasteiger partial charge in [-0.2, -0.15) is 13.2 Å². The van der Waals surface area contributed by atoms with Gasteiger partial charge < -0.3 is 4.74 Å². The number of nitrogens with zero attached hydrogens (tertiary/aromatic N) is 1. The summed E-state index contributed by atoms with van der Waals surface area (Å²) in [5, 5.41) is -0.589. The van der Waals surface area contributed by atoms with Gasteiger partial charge in [-0.05, 0) is 6.07 Å². The minimum Gasteiger partial charge on any atom is -0.469 e. The smallest absolute Gasteiger partial charge is 0.418 e. The molecular weight excluding hydrogens is 297 g/mol. The molecular formula is C10H7ClF5NO2. The van der Waals surface area contributed by atoms with Crippen molar-refractivity contribution in [2.75, 3.05) is 7.11 Å². The van der Waals surface area contributed by atoms with Crippen molar-refractivity contribution in [2.24, 2.45) is 0 Å². The van der Waals surface area contributed by atoms with Gasteiger partial charge in [0.15, 0.2) is 0 Å². The quantitative estimate of drug-likeness (QED) is 0.488. The average Bonchev–Trinajstić information content (AvgIpc) is 2.29. The number of carbonyl (C=O) groups excluding carboxylic acids is 1. The Morgan fingerprint density at radius 3 is 2.47 bits per heavy atom. The molecule has 0 unspecified atom stereocenters. The molecule has 1 aromatic rings. The summed E-state index contributed by atoms with van der Waals surface area (Å²) in [7, 11) is 1.03. The van der Waals surface area contributed by atoms with Crippen LogP contribution in [0, 0.1) is 0 Å². The van der Waals surface area contributed by atoms with Crippen LogP contribution in [0.2, 0.25) is 5.15 Å². The largest absolute Gasteiger partial charge is 0.469 e. The molecule has 0 saturated carbocycles. The van der Waals surface area contributed by atoms with Crippen molar-refractivity contribution >= 4 is 17.6 Å². The summed E-state index contributed by atoms with van der Waals surface area (Å²) in [6.45, 7) is 0. The van der Waals surface area contributed by atoms with Crippen LogP contribution in [0.3, 0.4) is 0 Å². The lowest BCUT2D eigenvalue weighted by molar-refractivity contribution is -0.141. The molecule has 0 spiro atoms. The van der Waals surface area contributed by atoms with Crippen LogP contribution in [-0.4, -0.2) is 18.1 Å². The minimum atomic E-state index is -5.02. The summed E-state index contributed by atoms with van der Waals surface area (Å²) in [6.07, 6.45) is -9.04. The first-order valence-electron chi connectivity index (χ1n) is 4.78. The standard InChI is InChI=1S/C10H7ClF5NO2/c1-19-6(18)3-4-2-5(10(14,15)16)7(9(12)13)17-8(4)11/h2,9H,3H2,1H3. The number of hydrogen-bond donors (Lipinski definition) is 0. The first-order chi connectivity index (χ1) is 8.66. The summed E-state index contributed by atoms with van der Waals surface area (Å²) >= 11 is 5.48. The third-order valence-corrected chi connectivity index (χ3v) is 2.48. The minimum absolute atomic E-state index is 0.328. The van der Waals surface area contributed by atoms with E-state index < -0.39 is 41.4 Å². The van der Waals surface area contributed by atoms with Gasteiger partial charge in [-0.15, -0.1) is 0 Å². The third-order valence-electron chi connectivity index (χ3n) is 2.15. The predicted octanol–water partition coefficient (Wildman–Crippen LogP) is 3.41. The summed E-state index contributed by atoms with van der Waals surface area (Å²) in [5.74, 6) is -0.860. The second-order valence-corrected chi connectivity index (χ2v) is 3.78. The van der Waals surface area contributed by atoms with E-state index in [1.807, 2.05) is 0 Å². The normalized spacial score (nSPS) is 11.8. The molecule has 0 bridgehead atoms. The molecule has 0 N–H and O–H groups in total. The molecule has 9 heteroatoms. The fourth-order valence-corrected chi connectivity index (χ4v) is 1.50. The van der Waals surface area contributed by atoms with Crippen molar-refractivity contribution in [1.29, 1.82) is 0 Å². The SMILES string of the molecule is COC(=O)Cc1cc(C(F)(F)F)c(C(F)F)nc1Cl. The number of aromatic nitrogens is 1. The van der Waals surface area contributed by atoms with Gasteiger partial charge in [0.25, 0.3) is 6.43 Å². The maximum atomic E-state index is 12.6. The number of pyridine rings is 1. The number of methoxy groups -OCH3 is 1. The van der Waals surface area contributed by atoms with E-state index >= 15 is 0 Å². The molecule has 106 valence electrons. The highest BCUT2D eigenvalue weighted by atomic mass is 35.5. The molecule has 1 rings (SSSR count). The predicted molar refractivity (Wildman–Crippen MR) is 54.9 cm³/mol. The van der Waals surface area contributed by atoms with Crippen LogP contribution < -0.4 is 0 Å². The Bertz CT molecular complexity index is 490. The Kier molecular flexibility index (Phi) is 4.67. The zero-order chi connectivity index (χ0) is 14.8. The van der Waals surface area contributed by atoms with Crippen molar-refractivity contribution in [1.82, 2.24) is 4.98 Å². The van der Waals surface area contributed by atoms with E-state index in [1.54, 1.807) is 0 Å². The van der Waals surface area contributed by atoms with Gasteiger partial charge in [0.1, 0.15) is 10.8 Å². The van der Waals surface area contributed by atoms with Crippen LogP contribution in [0.15, 0.2) is 6.07 Å². The number of alkyl halides is 5. The molecule has 0 radical (unpaired) electrons. The average molecular weight is 304 g/mol. The summed E-state index contributed by atoms with van der Waals surface area (Å²) < 4.78 is 67.1. The van der Waals surface area contributed by atoms with E-state index in [9.17, 15) is 26.7 Å². The van der Waals surface area contributed by atoms with E-state index in [0.29, 0.717) is 6.07 Å². The highest BCUT2D eigenvalue weighted by molar-refractivity contribution is 6.30. The molecule has 0 fully saturated rings. The Balaban J connectivity index is 3.34. The highest BCUT2D eigenvalue weighted by Crippen LogP contribution is 2.37. The second-order valence-electron chi connectivity index (χ2n) is 3.42. The monoisotopic (exact) mass is 303 g/mol. The Morgan fingerprint density at radius 1 is 1.47 bits per heavy atom. The van der Waals surface area contributed by atoms with Crippen molar-refractivity contribution in [2.45, 2.75) is 19.0 Å². The van der Waals surface area contributed by atoms with Gasteiger partial charge in [-0.25, -0.2) is 13.8 Å². The molecule has 19 heavy (non-hydrogen) atoms. The van der Waals surface area contributed by atoms with Gasteiger partial charge in [0.05, 0.1) is 19.1 Å². The van der Waals surface area contributed by atoms with Crippen LogP contribution >= 0.6 is 11.6 Å². The van der Waals surface area contributed by atoms with E-state index in [0.717, 1.165) is 7.11 Å². The van der Waals surface area contributed by atoms with E-state index in [1.165, 1.54) is 0 Å². The number of esters is 1. The number of ether oxygens (including phenoxy) is 1. The zero-order valence-electron chi connectivity index (χ0n) is 9.39. The van der Waals surface area contributed by atoms with Crippen LogP contribution in [0.1, 0.15) is 23.2 Å². The molecule has 1 heterocycles. The summed E-state index contributed by atoms with van der Waals surface area (Å²) in [4.78, 5) is 14.0. The second kappa shape index (κ2) is 5.68. The van der Waals surface area contributed by atoms with Gasteiger partial charge in [0.2, 0.25) is 0 Å². The molecule has 3 nitrogen and oxygen atoms in total. The van der Waals surface area contributed by atoms with Crippen LogP contribution in [0.4, 0.5) is 22.0 Å². The van der Waals surface area contributed by atoms with Crippen LogP contribution in [-0.2, 0) is 22.1 Å². The Hall–Kier alpha value is -1.44. The lowest BCUT2D eigenvalue weighted by atomic mass is 10.1. The molecule has 0 aliphatic heterocycles. The number of carbonyl (C=O) groups is 1. The first-order valence-corrected chi connectivity index (χ1v) is 5.16.